The summed E-state index contributed by atoms with van der Waals surface area (Å²) >= 11 is 5.87. The Morgan fingerprint density at radius 2 is 1.66 bits per heavy atom. The third-order valence-electron chi connectivity index (χ3n) is 4.72. The van der Waals surface area contributed by atoms with Crippen LogP contribution in [0.3, 0.4) is 0 Å². The Morgan fingerprint density at radius 1 is 1.00 bits per heavy atom. The number of nitrogens with zero attached hydrogens (tertiary/aromatic N) is 2. The summed E-state index contributed by atoms with van der Waals surface area (Å²) in [6.07, 6.45) is 0.368. The van der Waals surface area contributed by atoms with E-state index in [0.29, 0.717) is 48.4 Å². The molecule has 3 aromatic rings. The summed E-state index contributed by atoms with van der Waals surface area (Å²) in [5.41, 5.74) is 2.48. The maximum Gasteiger partial charge on any atom is 0.321 e. The number of hydrogen-bond donors (Lipinski definition) is 1. The van der Waals surface area contributed by atoms with Crippen LogP contribution >= 0.6 is 11.6 Å². The zero-order valence-corrected chi connectivity index (χ0v) is 18.5. The highest BCUT2D eigenvalue weighted by Crippen LogP contribution is 2.20. The fourth-order valence-electron chi connectivity index (χ4n) is 2.87. The average molecular weight is 450 g/mol. The van der Waals surface area contributed by atoms with Gasteiger partial charge >= 0.3 is 6.03 Å². The van der Waals surface area contributed by atoms with Crippen LogP contribution in [0, 0.1) is 11.3 Å². The van der Waals surface area contributed by atoms with Crippen molar-refractivity contribution >= 4 is 23.3 Å². The average Bonchev–Trinajstić information content (AvgIpc) is 2.81. The number of ether oxygens (including phenoxy) is 2. The number of para-hydroxylation sites is 1. The van der Waals surface area contributed by atoms with Crippen LogP contribution in [-0.2, 0) is 13.0 Å². The van der Waals surface area contributed by atoms with E-state index >= 15 is 0 Å². The van der Waals surface area contributed by atoms with Gasteiger partial charge in [-0.2, -0.15) is 5.26 Å². The summed E-state index contributed by atoms with van der Waals surface area (Å²) in [4.78, 5) is 14.2. The van der Waals surface area contributed by atoms with E-state index in [1.54, 1.807) is 36.2 Å². The van der Waals surface area contributed by atoms with Gasteiger partial charge in [0.05, 0.1) is 19.0 Å². The van der Waals surface area contributed by atoms with Crippen molar-refractivity contribution in [3.63, 3.8) is 0 Å². The molecule has 0 bridgehead atoms. The summed E-state index contributed by atoms with van der Waals surface area (Å²) in [7, 11) is 1.71. The molecule has 0 aliphatic heterocycles. The van der Waals surface area contributed by atoms with Crippen LogP contribution in [0.1, 0.15) is 11.1 Å². The summed E-state index contributed by atoms with van der Waals surface area (Å²) in [6, 6.07) is 23.9. The van der Waals surface area contributed by atoms with Crippen molar-refractivity contribution in [3.05, 3.63) is 88.9 Å². The van der Waals surface area contributed by atoms with Crippen LogP contribution in [0.5, 0.6) is 11.5 Å². The number of amides is 2. The van der Waals surface area contributed by atoms with E-state index in [2.05, 4.69) is 11.4 Å². The van der Waals surface area contributed by atoms with Gasteiger partial charge in [0.25, 0.3) is 0 Å². The Kier molecular flexibility index (Phi) is 8.36. The normalized spacial score (nSPS) is 10.2. The molecule has 32 heavy (non-hydrogen) atoms. The lowest BCUT2D eigenvalue weighted by Crippen LogP contribution is -2.34. The van der Waals surface area contributed by atoms with Crippen LogP contribution in [0.4, 0.5) is 10.5 Å². The first-order valence-corrected chi connectivity index (χ1v) is 10.5. The number of nitriles is 1. The van der Waals surface area contributed by atoms with Gasteiger partial charge < -0.3 is 19.7 Å². The van der Waals surface area contributed by atoms with E-state index in [4.69, 9.17) is 26.3 Å². The molecular formula is C25H24ClN3O3. The van der Waals surface area contributed by atoms with Gasteiger partial charge in [-0.05, 0) is 48.0 Å². The molecule has 1 N–H and O–H groups in total. The number of likely N-dealkylation sites (N-methyl/N-ethyl adjacent to an activating group) is 1. The maximum atomic E-state index is 12.6. The molecule has 2 amide bonds. The minimum Gasteiger partial charge on any atom is -0.492 e. The number of urea groups is 1. The van der Waals surface area contributed by atoms with Gasteiger partial charge in [-0.25, -0.2) is 4.79 Å². The number of hydrogen-bond acceptors (Lipinski definition) is 4. The highest BCUT2D eigenvalue weighted by Gasteiger charge is 2.12. The fraction of sp³-hybridized carbons (Fsp3) is 0.200. The van der Waals surface area contributed by atoms with Crippen molar-refractivity contribution in [2.24, 2.45) is 0 Å². The summed E-state index contributed by atoms with van der Waals surface area (Å²) in [5, 5.41) is 12.3. The van der Waals surface area contributed by atoms with E-state index in [1.807, 2.05) is 48.5 Å². The summed E-state index contributed by atoms with van der Waals surface area (Å²) in [5.74, 6) is 1.40. The molecule has 7 heteroatoms. The van der Waals surface area contributed by atoms with Gasteiger partial charge in [-0.1, -0.05) is 41.9 Å². The lowest BCUT2D eigenvalue weighted by atomic mass is 10.1. The molecule has 3 rings (SSSR count). The van der Waals surface area contributed by atoms with Crippen LogP contribution in [-0.4, -0.2) is 31.1 Å². The van der Waals surface area contributed by atoms with Crippen molar-refractivity contribution in [2.75, 3.05) is 25.5 Å². The number of carbonyl (C=O) groups excluding carboxylic acids is 1. The summed E-state index contributed by atoms with van der Waals surface area (Å²) < 4.78 is 11.5. The number of anilines is 1. The van der Waals surface area contributed by atoms with Crippen molar-refractivity contribution in [2.45, 2.75) is 13.0 Å². The number of carbonyl (C=O) groups is 1. The van der Waals surface area contributed by atoms with E-state index in [1.165, 1.54) is 0 Å². The van der Waals surface area contributed by atoms with E-state index in [-0.39, 0.29) is 6.03 Å². The molecule has 0 heterocycles. The molecule has 0 atom stereocenters. The zero-order valence-electron chi connectivity index (χ0n) is 17.8. The molecule has 0 unspecified atom stereocenters. The summed E-state index contributed by atoms with van der Waals surface area (Å²) in [6.45, 7) is 1.08. The van der Waals surface area contributed by atoms with E-state index < -0.39 is 0 Å². The topological polar surface area (TPSA) is 74.6 Å². The molecule has 6 nitrogen and oxygen atoms in total. The molecule has 0 radical (unpaired) electrons. The van der Waals surface area contributed by atoms with Gasteiger partial charge in [0.1, 0.15) is 24.7 Å². The second kappa shape index (κ2) is 11.6. The Hall–Kier alpha value is -3.69. The number of nitrogens with one attached hydrogen (secondary N) is 1. The zero-order chi connectivity index (χ0) is 22.8. The molecule has 0 aliphatic carbocycles. The fourth-order valence-corrected chi connectivity index (χ4v) is 2.99. The molecule has 0 fully saturated rings. The van der Waals surface area contributed by atoms with Crippen molar-refractivity contribution in [3.8, 4) is 17.6 Å². The highest BCUT2D eigenvalue weighted by atomic mass is 35.5. The van der Waals surface area contributed by atoms with Crippen LogP contribution in [0.25, 0.3) is 0 Å². The molecule has 164 valence electrons. The van der Waals surface area contributed by atoms with Gasteiger partial charge in [0, 0.05) is 23.3 Å². The smallest absolute Gasteiger partial charge is 0.321 e. The Labute approximate surface area is 192 Å². The Balaban J connectivity index is 1.51. The molecule has 0 saturated heterocycles. The number of halogens is 1. The first-order chi connectivity index (χ1) is 15.5. The standard InChI is InChI=1S/C25H24ClN3O3/c1-29(16-17-31-22-12-8-21(26)9-13-22)25(30)28-24-5-3-2-4-20(24)18-32-23-10-6-19(7-11-23)14-15-27/h2-13H,14,16-18H2,1H3,(H,28,30). The quantitative estimate of drug-likeness (QED) is 0.466. The van der Waals surface area contributed by atoms with E-state index in [9.17, 15) is 4.79 Å². The molecular weight excluding hydrogens is 426 g/mol. The minimum atomic E-state index is -0.238. The second-order valence-electron chi connectivity index (χ2n) is 7.08. The van der Waals surface area contributed by atoms with E-state index in [0.717, 1.165) is 11.1 Å². The molecule has 0 saturated carbocycles. The monoisotopic (exact) mass is 449 g/mol. The van der Waals surface area contributed by atoms with Crippen molar-refractivity contribution in [1.82, 2.24) is 4.90 Å². The molecule has 0 aliphatic rings. The minimum absolute atomic E-state index is 0.238. The first-order valence-electron chi connectivity index (χ1n) is 10.1. The Morgan fingerprint density at radius 3 is 2.38 bits per heavy atom. The second-order valence-corrected chi connectivity index (χ2v) is 7.52. The van der Waals surface area contributed by atoms with Gasteiger partial charge in [0.15, 0.2) is 0 Å². The van der Waals surface area contributed by atoms with Gasteiger partial charge in [-0.15, -0.1) is 0 Å². The third kappa shape index (κ3) is 6.93. The lowest BCUT2D eigenvalue weighted by molar-refractivity contribution is 0.207. The predicted octanol–water partition coefficient (Wildman–Crippen LogP) is 5.53. The first kappa shape index (κ1) is 23.0. The van der Waals surface area contributed by atoms with Crippen LogP contribution < -0.4 is 14.8 Å². The largest absolute Gasteiger partial charge is 0.492 e. The van der Waals surface area contributed by atoms with Crippen LogP contribution in [0.15, 0.2) is 72.8 Å². The Bertz CT molecular complexity index is 1060. The SMILES string of the molecule is CN(CCOc1ccc(Cl)cc1)C(=O)Nc1ccccc1COc1ccc(CC#N)cc1. The highest BCUT2D eigenvalue weighted by molar-refractivity contribution is 6.30. The lowest BCUT2D eigenvalue weighted by Gasteiger charge is -2.19. The number of benzene rings is 3. The number of rotatable bonds is 9. The maximum absolute atomic E-state index is 12.6. The third-order valence-corrected chi connectivity index (χ3v) is 4.97. The van der Waals surface area contributed by atoms with Gasteiger partial charge in [0.2, 0.25) is 0 Å². The molecule has 0 aromatic heterocycles. The molecule has 0 spiro atoms. The molecule has 3 aromatic carbocycles. The predicted molar refractivity (Wildman–Crippen MR) is 125 cm³/mol. The van der Waals surface area contributed by atoms with Crippen molar-refractivity contribution < 1.29 is 14.3 Å². The van der Waals surface area contributed by atoms with Gasteiger partial charge in [-0.3, -0.25) is 0 Å². The van der Waals surface area contributed by atoms with Crippen LogP contribution in [0.2, 0.25) is 5.02 Å². The van der Waals surface area contributed by atoms with Crippen molar-refractivity contribution in [1.29, 1.82) is 5.26 Å².